The summed E-state index contributed by atoms with van der Waals surface area (Å²) in [5.41, 5.74) is 0.890. The molecule has 0 radical (unpaired) electrons. The average Bonchev–Trinajstić information content (AvgIpc) is 2.18. The van der Waals surface area contributed by atoms with Crippen LogP contribution < -0.4 is 5.32 Å². The van der Waals surface area contributed by atoms with E-state index in [4.69, 9.17) is 5.11 Å². The smallest absolute Gasteiger partial charge is 0.00717 e. The molecule has 2 rings (SSSR count). The number of nitrogens with one attached hydrogen (secondary N) is 1. The van der Waals surface area contributed by atoms with Gasteiger partial charge in [-0.1, -0.05) is 30.3 Å². The molecule has 2 N–H and O–H groups in total. The molecule has 2 nitrogen and oxygen atoms in total. The lowest BCUT2D eigenvalue weighted by Gasteiger charge is -2.11. The highest BCUT2D eigenvalue weighted by Gasteiger charge is 1.91. The van der Waals surface area contributed by atoms with Crippen LogP contribution in [0.2, 0.25) is 0 Å². The minimum absolute atomic E-state index is 0.890. The first-order chi connectivity index (χ1) is 6.40. The van der Waals surface area contributed by atoms with E-state index < -0.39 is 0 Å². The second kappa shape index (κ2) is 3.46. The second-order valence-corrected chi connectivity index (χ2v) is 2.84. The van der Waals surface area contributed by atoms with E-state index in [9.17, 15) is 0 Å². The van der Waals surface area contributed by atoms with Gasteiger partial charge in [-0.25, -0.2) is 0 Å². The van der Waals surface area contributed by atoms with Crippen LogP contribution in [0.25, 0.3) is 10.8 Å². The molecule has 0 aliphatic rings. The fourth-order valence-corrected chi connectivity index (χ4v) is 1.35. The predicted molar refractivity (Wildman–Crippen MR) is 53.8 cm³/mol. The molecule has 0 fully saturated rings. The molecule has 0 bridgehead atoms. The number of anilines is 1. The summed E-state index contributed by atoms with van der Waals surface area (Å²) < 4.78 is 0. The van der Waals surface area contributed by atoms with Crippen molar-refractivity contribution in [1.29, 1.82) is 0 Å². The zero-order valence-electron chi connectivity index (χ0n) is 7.07. The largest absolute Gasteiger partial charge is 0.546 e. The fraction of sp³-hybridized carbons (Fsp3) is 0. The van der Waals surface area contributed by atoms with Crippen LogP contribution in [0.3, 0.4) is 0 Å². The van der Waals surface area contributed by atoms with Crippen LogP contribution in [0, 0.1) is 6.73 Å². The molecule has 0 heterocycles. The number of rotatable bonds is 2. The molecular weight excluding hydrogens is 162 g/mol. The minimum Gasteiger partial charge on any atom is -0.546 e. The number of fused-ring (bicyclic) bond motifs is 1. The molecule has 2 aromatic rings. The van der Waals surface area contributed by atoms with Gasteiger partial charge in [0.15, 0.2) is 0 Å². The van der Waals surface area contributed by atoms with E-state index in [1.807, 2.05) is 36.4 Å². The molecule has 2 heteroatoms. The summed E-state index contributed by atoms with van der Waals surface area (Å²) in [5, 5.41) is 13.6. The molecule has 0 saturated carbocycles. The molecule has 0 saturated heterocycles. The van der Waals surface area contributed by atoms with Crippen molar-refractivity contribution in [2.24, 2.45) is 0 Å². The van der Waals surface area contributed by atoms with E-state index in [1.54, 1.807) is 0 Å². The molecule has 66 valence electrons. The molecule has 0 aliphatic heterocycles. The summed E-state index contributed by atoms with van der Waals surface area (Å²) in [6.07, 6.45) is 0. The highest BCUT2D eigenvalue weighted by atomic mass is 16.3. The van der Waals surface area contributed by atoms with Gasteiger partial charge in [0.25, 0.3) is 0 Å². The van der Waals surface area contributed by atoms with Crippen molar-refractivity contribution < 1.29 is 5.11 Å². The Morgan fingerprint density at radius 3 is 2.54 bits per heavy atom. The quantitative estimate of drug-likeness (QED) is 0.682. The first kappa shape index (κ1) is 8.08. The Morgan fingerprint density at radius 1 is 1.00 bits per heavy atom. The highest BCUT2D eigenvalue weighted by Crippen LogP contribution is 2.18. The van der Waals surface area contributed by atoms with Crippen LogP contribution in [0.1, 0.15) is 0 Å². The van der Waals surface area contributed by atoms with E-state index in [2.05, 4.69) is 11.4 Å². The first-order valence-electron chi connectivity index (χ1n) is 4.11. The average molecular weight is 172 g/mol. The van der Waals surface area contributed by atoms with Crippen molar-refractivity contribution in [3.8, 4) is 0 Å². The van der Waals surface area contributed by atoms with Gasteiger partial charge in [-0.05, 0) is 22.9 Å². The van der Waals surface area contributed by atoms with Crippen molar-refractivity contribution >= 4 is 16.5 Å². The number of benzene rings is 2. The first-order valence-corrected chi connectivity index (χ1v) is 4.11. The Bertz CT molecular complexity index is 412. The zero-order valence-corrected chi connectivity index (χ0v) is 7.07. The van der Waals surface area contributed by atoms with Crippen LogP contribution in [0.15, 0.2) is 42.5 Å². The lowest BCUT2D eigenvalue weighted by molar-refractivity contribution is 0.407. The second-order valence-electron chi connectivity index (χ2n) is 2.84. The monoisotopic (exact) mass is 172 g/mol. The lowest BCUT2D eigenvalue weighted by atomic mass is 10.1. The Morgan fingerprint density at radius 2 is 1.77 bits per heavy atom. The lowest BCUT2D eigenvalue weighted by Crippen LogP contribution is -1.91. The standard InChI is InChI=1S/C11H10NO/c13-8-12-11-6-5-9-3-1-2-4-10(9)7-11/h1-8,12-13H/q-1. The van der Waals surface area contributed by atoms with Crippen molar-refractivity contribution in [1.82, 2.24) is 0 Å². The summed E-state index contributed by atoms with van der Waals surface area (Å²) in [7, 11) is 0. The third-order valence-corrected chi connectivity index (χ3v) is 1.98. The molecule has 0 aromatic heterocycles. The van der Waals surface area contributed by atoms with Crippen molar-refractivity contribution in [3.05, 3.63) is 49.2 Å². The molecule has 0 amide bonds. The van der Waals surface area contributed by atoms with Gasteiger partial charge in [0.1, 0.15) is 0 Å². The minimum atomic E-state index is 0.890. The van der Waals surface area contributed by atoms with Gasteiger partial charge in [-0.15, -0.1) is 6.73 Å². The number of aliphatic hydroxyl groups is 1. The van der Waals surface area contributed by atoms with Gasteiger partial charge in [-0.3, -0.25) is 0 Å². The fourth-order valence-electron chi connectivity index (χ4n) is 1.35. The Labute approximate surface area is 76.8 Å². The van der Waals surface area contributed by atoms with Crippen LogP contribution in [0.4, 0.5) is 5.69 Å². The van der Waals surface area contributed by atoms with Gasteiger partial charge in [0.2, 0.25) is 0 Å². The maximum atomic E-state index is 8.56. The van der Waals surface area contributed by atoms with E-state index in [1.165, 1.54) is 5.39 Å². The van der Waals surface area contributed by atoms with Crippen molar-refractivity contribution in [2.75, 3.05) is 5.32 Å². The number of hydrogen-bond acceptors (Lipinski definition) is 2. The SMILES string of the molecule is O[CH-]Nc1ccc2ccccc2c1. The van der Waals surface area contributed by atoms with Crippen LogP contribution in [-0.2, 0) is 0 Å². The summed E-state index contributed by atoms with van der Waals surface area (Å²) in [5.74, 6) is 0. The van der Waals surface area contributed by atoms with Gasteiger partial charge >= 0.3 is 0 Å². The Kier molecular flexibility index (Phi) is 2.15. The molecule has 0 spiro atoms. The van der Waals surface area contributed by atoms with Gasteiger partial charge in [-0.2, -0.15) is 0 Å². The van der Waals surface area contributed by atoms with E-state index in [0.29, 0.717) is 0 Å². The predicted octanol–water partition coefficient (Wildman–Crippen LogP) is 2.74. The van der Waals surface area contributed by atoms with Crippen LogP contribution in [-0.4, -0.2) is 5.11 Å². The van der Waals surface area contributed by atoms with Crippen molar-refractivity contribution in [3.63, 3.8) is 0 Å². The molecular formula is C11H10NO-. The maximum Gasteiger partial charge on any atom is 0.00717 e. The maximum absolute atomic E-state index is 8.56. The van der Waals surface area contributed by atoms with Gasteiger partial charge in [0.05, 0.1) is 0 Å². The summed E-state index contributed by atoms with van der Waals surface area (Å²) in [6.45, 7) is 0.935. The topological polar surface area (TPSA) is 32.3 Å². The van der Waals surface area contributed by atoms with Crippen LogP contribution in [0.5, 0.6) is 0 Å². The summed E-state index contributed by atoms with van der Waals surface area (Å²) >= 11 is 0. The molecule has 13 heavy (non-hydrogen) atoms. The van der Waals surface area contributed by atoms with Crippen molar-refractivity contribution in [2.45, 2.75) is 0 Å². The Balaban J connectivity index is 2.49. The van der Waals surface area contributed by atoms with Gasteiger partial charge < -0.3 is 10.4 Å². The molecule has 0 atom stereocenters. The number of aliphatic hydroxyl groups excluding tert-OH is 1. The number of hydrogen-bond donors (Lipinski definition) is 2. The highest BCUT2D eigenvalue weighted by molar-refractivity contribution is 5.85. The molecule has 0 aliphatic carbocycles. The Hall–Kier alpha value is -1.54. The van der Waals surface area contributed by atoms with E-state index in [0.717, 1.165) is 17.8 Å². The summed E-state index contributed by atoms with van der Waals surface area (Å²) in [6, 6.07) is 14.0. The molecule has 0 unspecified atom stereocenters. The molecule has 2 aromatic carbocycles. The normalized spacial score (nSPS) is 10.2. The third-order valence-electron chi connectivity index (χ3n) is 1.98. The van der Waals surface area contributed by atoms with Crippen LogP contribution >= 0.6 is 0 Å². The van der Waals surface area contributed by atoms with E-state index in [-0.39, 0.29) is 0 Å². The zero-order chi connectivity index (χ0) is 9.10. The summed E-state index contributed by atoms with van der Waals surface area (Å²) in [4.78, 5) is 0. The van der Waals surface area contributed by atoms with Gasteiger partial charge in [0, 0.05) is 5.69 Å². The third kappa shape index (κ3) is 1.63. The van der Waals surface area contributed by atoms with E-state index >= 15 is 0 Å².